The van der Waals surface area contributed by atoms with Crippen molar-refractivity contribution in [2.45, 2.75) is 60.5 Å². The number of rotatable bonds is 2. The maximum atomic E-state index is 5.96. The molecule has 0 atom stereocenters. The zero-order valence-corrected chi connectivity index (χ0v) is 10.7. The van der Waals surface area contributed by atoms with E-state index >= 15 is 0 Å². The van der Waals surface area contributed by atoms with Crippen molar-refractivity contribution in [1.29, 1.82) is 0 Å². The van der Waals surface area contributed by atoms with Gasteiger partial charge >= 0.3 is 0 Å². The minimum atomic E-state index is 0.331. The third kappa shape index (κ3) is 2.31. The van der Waals surface area contributed by atoms with Crippen LogP contribution in [0.3, 0.4) is 0 Å². The summed E-state index contributed by atoms with van der Waals surface area (Å²) in [6.07, 6.45) is 3.00. The molecule has 0 saturated heterocycles. The molecule has 0 N–H and O–H groups in total. The van der Waals surface area contributed by atoms with Gasteiger partial charge in [-0.25, -0.2) is 0 Å². The fourth-order valence-corrected chi connectivity index (χ4v) is 3.76. The first kappa shape index (κ1) is 12.0. The van der Waals surface area contributed by atoms with Crippen molar-refractivity contribution in [2.75, 3.05) is 6.61 Å². The van der Waals surface area contributed by atoms with Crippen LogP contribution in [0.4, 0.5) is 0 Å². The maximum Gasteiger partial charge on any atom is 0.0676 e. The van der Waals surface area contributed by atoms with E-state index in [1.165, 1.54) is 12.8 Å². The Labute approximate surface area is 89.2 Å². The predicted octanol–water partition coefficient (Wildman–Crippen LogP) is 3.87. The van der Waals surface area contributed by atoms with Crippen molar-refractivity contribution >= 4 is 0 Å². The molecule has 0 heterocycles. The van der Waals surface area contributed by atoms with Crippen molar-refractivity contribution < 1.29 is 4.74 Å². The standard InChI is InChI=1S/C13H26O/c1-7-14-11-12(3,4)8-10(2)9-13(11,5)6/h10-11H,7-9H2,1-6H3. The van der Waals surface area contributed by atoms with Gasteiger partial charge in [-0.2, -0.15) is 0 Å². The third-order valence-corrected chi connectivity index (χ3v) is 3.50. The molecule has 0 radical (unpaired) electrons. The highest BCUT2D eigenvalue weighted by molar-refractivity contribution is 4.96. The summed E-state index contributed by atoms with van der Waals surface area (Å²) in [7, 11) is 0. The average Bonchev–Trinajstić information content (AvgIpc) is 1.94. The average molecular weight is 198 g/mol. The van der Waals surface area contributed by atoms with Crippen LogP contribution in [0.15, 0.2) is 0 Å². The largest absolute Gasteiger partial charge is 0.377 e. The smallest absolute Gasteiger partial charge is 0.0676 e. The lowest BCUT2D eigenvalue weighted by atomic mass is 9.59. The Hall–Kier alpha value is -0.0400. The van der Waals surface area contributed by atoms with E-state index in [9.17, 15) is 0 Å². The van der Waals surface area contributed by atoms with E-state index < -0.39 is 0 Å². The van der Waals surface area contributed by atoms with Crippen LogP contribution in [-0.2, 0) is 4.74 Å². The van der Waals surface area contributed by atoms with Gasteiger partial charge in [0.25, 0.3) is 0 Å². The molecule has 1 saturated carbocycles. The summed E-state index contributed by atoms with van der Waals surface area (Å²) in [5, 5.41) is 0. The molecule has 0 aliphatic heterocycles. The molecule has 1 nitrogen and oxygen atoms in total. The first-order valence-electron chi connectivity index (χ1n) is 5.91. The Bertz CT molecular complexity index is 175. The lowest BCUT2D eigenvalue weighted by molar-refractivity contribution is -0.129. The summed E-state index contributed by atoms with van der Waals surface area (Å²) in [5.74, 6) is 0.830. The predicted molar refractivity (Wildman–Crippen MR) is 61.4 cm³/mol. The molecule has 1 fully saturated rings. The Morgan fingerprint density at radius 1 is 1.07 bits per heavy atom. The van der Waals surface area contributed by atoms with Crippen molar-refractivity contribution in [2.24, 2.45) is 16.7 Å². The molecule has 0 aromatic carbocycles. The molecule has 0 spiro atoms. The first-order chi connectivity index (χ1) is 6.29. The highest BCUT2D eigenvalue weighted by Gasteiger charge is 2.46. The van der Waals surface area contributed by atoms with Gasteiger partial charge in [0.15, 0.2) is 0 Å². The molecular formula is C13H26O. The summed E-state index contributed by atoms with van der Waals surface area (Å²) in [4.78, 5) is 0. The molecule has 1 rings (SSSR count). The van der Waals surface area contributed by atoms with Gasteiger partial charge in [-0.1, -0.05) is 34.6 Å². The van der Waals surface area contributed by atoms with Crippen molar-refractivity contribution in [3.05, 3.63) is 0 Å². The number of hydrogen-bond donors (Lipinski definition) is 0. The van der Waals surface area contributed by atoms with E-state index in [-0.39, 0.29) is 0 Å². The van der Waals surface area contributed by atoms with Gasteiger partial charge in [0.05, 0.1) is 6.10 Å². The normalized spacial score (nSPS) is 35.6. The van der Waals surface area contributed by atoms with Gasteiger partial charge in [-0.05, 0) is 36.5 Å². The zero-order valence-electron chi connectivity index (χ0n) is 10.7. The molecule has 0 aromatic heterocycles. The second-order valence-electron chi connectivity index (χ2n) is 6.33. The van der Waals surface area contributed by atoms with Crippen molar-refractivity contribution in [3.8, 4) is 0 Å². The highest BCUT2D eigenvalue weighted by atomic mass is 16.5. The lowest BCUT2D eigenvalue weighted by Crippen LogP contribution is -2.49. The van der Waals surface area contributed by atoms with Crippen LogP contribution < -0.4 is 0 Å². The third-order valence-electron chi connectivity index (χ3n) is 3.50. The highest BCUT2D eigenvalue weighted by Crippen LogP contribution is 2.49. The molecule has 0 unspecified atom stereocenters. The van der Waals surface area contributed by atoms with E-state index in [0.717, 1.165) is 12.5 Å². The molecule has 0 bridgehead atoms. The van der Waals surface area contributed by atoms with E-state index in [1.54, 1.807) is 0 Å². The second-order valence-corrected chi connectivity index (χ2v) is 6.33. The van der Waals surface area contributed by atoms with Crippen LogP contribution in [0, 0.1) is 16.7 Å². The SMILES string of the molecule is CCOC1C(C)(C)CC(C)CC1(C)C. The Kier molecular flexibility index (Phi) is 3.30. The monoisotopic (exact) mass is 198 g/mol. The van der Waals surface area contributed by atoms with Gasteiger partial charge in [0, 0.05) is 6.61 Å². The molecule has 0 amide bonds. The van der Waals surface area contributed by atoms with E-state index in [1.807, 2.05) is 0 Å². The molecule has 14 heavy (non-hydrogen) atoms. The quantitative estimate of drug-likeness (QED) is 0.654. The van der Waals surface area contributed by atoms with Crippen molar-refractivity contribution in [1.82, 2.24) is 0 Å². The first-order valence-corrected chi connectivity index (χ1v) is 5.91. The Balaban J connectivity index is 2.85. The van der Waals surface area contributed by atoms with E-state index in [0.29, 0.717) is 16.9 Å². The van der Waals surface area contributed by atoms with Crippen LogP contribution in [-0.4, -0.2) is 12.7 Å². The summed E-state index contributed by atoms with van der Waals surface area (Å²) >= 11 is 0. The van der Waals surface area contributed by atoms with Gasteiger partial charge < -0.3 is 4.74 Å². The van der Waals surface area contributed by atoms with Crippen LogP contribution >= 0.6 is 0 Å². The fraction of sp³-hybridized carbons (Fsp3) is 1.00. The topological polar surface area (TPSA) is 9.23 Å². The zero-order chi connectivity index (χ0) is 11.0. The summed E-state index contributed by atoms with van der Waals surface area (Å²) in [5.41, 5.74) is 0.661. The molecular weight excluding hydrogens is 172 g/mol. The number of ether oxygens (including phenoxy) is 1. The van der Waals surface area contributed by atoms with Crippen molar-refractivity contribution in [3.63, 3.8) is 0 Å². The minimum Gasteiger partial charge on any atom is -0.377 e. The molecule has 0 aromatic rings. The van der Waals surface area contributed by atoms with Gasteiger partial charge in [0.1, 0.15) is 0 Å². The summed E-state index contributed by atoms with van der Waals surface area (Å²) < 4.78 is 5.96. The summed E-state index contributed by atoms with van der Waals surface area (Å²) in [6, 6.07) is 0. The van der Waals surface area contributed by atoms with E-state index in [2.05, 4.69) is 41.5 Å². The number of hydrogen-bond acceptors (Lipinski definition) is 1. The lowest BCUT2D eigenvalue weighted by Gasteiger charge is -2.51. The Morgan fingerprint density at radius 3 is 1.86 bits per heavy atom. The van der Waals surface area contributed by atoms with Gasteiger partial charge in [-0.15, -0.1) is 0 Å². The molecule has 1 aliphatic carbocycles. The van der Waals surface area contributed by atoms with E-state index in [4.69, 9.17) is 4.74 Å². The minimum absolute atomic E-state index is 0.331. The second kappa shape index (κ2) is 3.84. The van der Waals surface area contributed by atoms with Crippen LogP contribution in [0.1, 0.15) is 54.4 Å². The maximum absolute atomic E-state index is 5.96. The fourth-order valence-electron chi connectivity index (χ4n) is 3.76. The van der Waals surface area contributed by atoms with Gasteiger partial charge in [0.2, 0.25) is 0 Å². The van der Waals surface area contributed by atoms with Crippen LogP contribution in [0.2, 0.25) is 0 Å². The van der Waals surface area contributed by atoms with Crippen LogP contribution in [0.5, 0.6) is 0 Å². The summed E-state index contributed by atoms with van der Waals surface area (Å²) in [6.45, 7) is 14.7. The Morgan fingerprint density at radius 2 is 1.50 bits per heavy atom. The molecule has 1 heteroatoms. The molecule has 1 aliphatic rings. The van der Waals surface area contributed by atoms with Gasteiger partial charge in [-0.3, -0.25) is 0 Å². The van der Waals surface area contributed by atoms with Crippen LogP contribution in [0.25, 0.3) is 0 Å². The molecule has 84 valence electrons.